The predicted octanol–water partition coefficient (Wildman–Crippen LogP) is 3.15. The maximum Gasteiger partial charge on any atom is 0.119 e. The Bertz CT molecular complexity index is 699. The van der Waals surface area contributed by atoms with Gasteiger partial charge >= 0.3 is 0 Å². The first-order valence-corrected chi connectivity index (χ1v) is 8.61. The summed E-state index contributed by atoms with van der Waals surface area (Å²) in [6.07, 6.45) is 6.30. The fraction of sp³-hybridized carbons (Fsp3) is 0.526. The third kappa shape index (κ3) is 2.70. The highest BCUT2D eigenvalue weighted by Gasteiger charge is 2.36. The van der Waals surface area contributed by atoms with Gasteiger partial charge in [0, 0.05) is 17.6 Å². The smallest absolute Gasteiger partial charge is 0.119 e. The molecule has 4 atom stereocenters. The SMILES string of the molecule is COc1ccc2nccc(C(O)C3CC4CCCN3CC4)c2c1. The van der Waals surface area contributed by atoms with Gasteiger partial charge in [0.1, 0.15) is 5.75 Å². The molecular weight excluding hydrogens is 288 g/mol. The van der Waals surface area contributed by atoms with E-state index >= 15 is 0 Å². The zero-order chi connectivity index (χ0) is 15.8. The summed E-state index contributed by atoms with van der Waals surface area (Å²) < 4.78 is 5.35. The number of aliphatic hydroxyl groups is 1. The Hall–Kier alpha value is -1.65. The van der Waals surface area contributed by atoms with Crippen molar-refractivity contribution in [2.45, 2.75) is 37.8 Å². The van der Waals surface area contributed by atoms with E-state index in [2.05, 4.69) is 9.88 Å². The van der Waals surface area contributed by atoms with Crippen LogP contribution < -0.4 is 4.74 Å². The van der Waals surface area contributed by atoms with Crippen LogP contribution in [0.25, 0.3) is 10.9 Å². The van der Waals surface area contributed by atoms with Crippen LogP contribution in [0.5, 0.6) is 5.75 Å². The first kappa shape index (κ1) is 14.9. The Morgan fingerprint density at radius 1 is 1.26 bits per heavy atom. The third-order valence-corrected chi connectivity index (χ3v) is 5.59. The average molecular weight is 312 g/mol. The van der Waals surface area contributed by atoms with Gasteiger partial charge in [-0.15, -0.1) is 0 Å². The molecule has 1 aromatic heterocycles. The molecule has 4 unspecified atom stereocenters. The molecule has 1 N–H and O–H groups in total. The number of aliphatic hydroxyl groups excluding tert-OH is 1. The number of fused-ring (bicyclic) bond motifs is 5. The fourth-order valence-corrected chi connectivity index (χ4v) is 4.31. The Labute approximate surface area is 137 Å². The number of aromatic nitrogens is 1. The van der Waals surface area contributed by atoms with E-state index in [9.17, 15) is 5.11 Å². The van der Waals surface area contributed by atoms with Gasteiger partial charge in [-0.2, -0.15) is 0 Å². The van der Waals surface area contributed by atoms with Crippen molar-refractivity contribution in [3.63, 3.8) is 0 Å². The molecule has 5 rings (SSSR count). The van der Waals surface area contributed by atoms with Gasteiger partial charge in [-0.25, -0.2) is 0 Å². The van der Waals surface area contributed by atoms with Crippen LogP contribution in [0.15, 0.2) is 30.5 Å². The van der Waals surface area contributed by atoms with Crippen molar-refractivity contribution in [1.82, 2.24) is 9.88 Å². The molecule has 3 aliphatic rings. The topological polar surface area (TPSA) is 45.6 Å². The molecule has 0 spiro atoms. The summed E-state index contributed by atoms with van der Waals surface area (Å²) >= 11 is 0. The van der Waals surface area contributed by atoms with Crippen LogP contribution in [0.2, 0.25) is 0 Å². The molecule has 3 aliphatic heterocycles. The summed E-state index contributed by atoms with van der Waals surface area (Å²) in [7, 11) is 1.67. The number of rotatable bonds is 3. The molecule has 122 valence electrons. The van der Waals surface area contributed by atoms with Crippen molar-refractivity contribution in [1.29, 1.82) is 0 Å². The molecule has 23 heavy (non-hydrogen) atoms. The molecule has 4 nitrogen and oxygen atoms in total. The molecule has 0 saturated carbocycles. The number of hydrogen-bond acceptors (Lipinski definition) is 4. The van der Waals surface area contributed by atoms with Crippen LogP contribution in [0.4, 0.5) is 0 Å². The first-order chi connectivity index (χ1) is 11.3. The minimum Gasteiger partial charge on any atom is -0.497 e. The summed E-state index contributed by atoms with van der Waals surface area (Å²) in [5.41, 5.74) is 1.89. The predicted molar refractivity (Wildman–Crippen MR) is 90.6 cm³/mol. The molecule has 2 aromatic rings. The van der Waals surface area contributed by atoms with Gasteiger partial charge in [-0.05, 0) is 74.5 Å². The van der Waals surface area contributed by atoms with Crippen LogP contribution in [-0.4, -0.2) is 41.2 Å². The van der Waals surface area contributed by atoms with Gasteiger partial charge in [-0.1, -0.05) is 0 Å². The van der Waals surface area contributed by atoms with Gasteiger partial charge in [0.2, 0.25) is 0 Å². The Morgan fingerprint density at radius 2 is 2.17 bits per heavy atom. The molecule has 1 aromatic carbocycles. The Balaban J connectivity index is 1.73. The number of nitrogens with zero attached hydrogens (tertiary/aromatic N) is 2. The average Bonchev–Trinajstić information content (AvgIpc) is 2.95. The van der Waals surface area contributed by atoms with E-state index in [1.54, 1.807) is 13.3 Å². The van der Waals surface area contributed by atoms with Gasteiger partial charge < -0.3 is 9.84 Å². The standard InChI is InChI=1S/C19H24N2O2/c1-23-14-4-5-17-16(12-14)15(6-8-20-17)19(22)18-11-13-3-2-9-21(18)10-7-13/h4-6,8,12-13,18-19,22H,2-3,7,9-11H2,1H3. The zero-order valence-electron chi connectivity index (χ0n) is 13.6. The molecule has 4 heteroatoms. The van der Waals surface area contributed by atoms with Crippen LogP contribution in [0, 0.1) is 5.92 Å². The number of hydrogen-bond donors (Lipinski definition) is 1. The first-order valence-electron chi connectivity index (χ1n) is 8.61. The molecular formula is C19H24N2O2. The normalized spacial score (nSPS) is 28.5. The molecule has 3 fully saturated rings. The van der Waals surface area contributed by atoms with E-state index < -0.39 is 6.10 Å². The zero-order valence-corrected chi connectivity index (χ0v) is 13.6. The van der Waals surface area contributed by atoms with Crippen molar-refractivity contribution in [3.8, 4) is 5.75 Å². The number of pyridine rings is 1. The maximum atomic E-state index is 11.1. The summed E-state index contributed by atoms with van der Waals surface area (Å²) in [6.45, 7) is 2.24. The van der Waals surface area contributed by atoms with E-state index in [1.165, 1.54) is 19.3 Å². The maximum absolute atomic E-state index is 11.1. The summed E-state index contributed by atoms with van der Waals surface area (Å²) in [5.74, 6) is 1.58. The van der Waals surface area contributed by atoms with E-state index in [0.717, 1.165) is 47.6 Å². The molecule has 0 amide bonds. The van der Waals surface area contributed by atoms with Crippen molar-refractivity contribution < 1.29 is 9.84 Å². The van der Waals surface area contributed by atoms with Gasteiger partial charge in [-0.3, -0.25) is 9.88 Å². The van der Waals surface area contributed by atoms with Gasteiger partial charge in [0.25, 0.3) is 0 Å². The molecule has 3 saturated heterocycles. The van der Waals surface area contributed by atoms with Crippen molar-refractivity contribution in [2.75, 3.05) is 20.2 Å². The lowest BCUT2D eigenvalue weighted by atomic mass is 9.85. The monoisotopic (exact) mass is 312 g/mol. The van der Waals surface area contributed by atoms with E-state index in [4.69, 9.17) is 4.74 Å². The number of benzene rings is 1. The van der Waals surface area contributed by atoms with Crippen LogP contribution in [-0.2, 0) is 0 Å². The summed E-state index contributed by atoms with van der Waals surface area (Å²) in [4.78, 5) is 6.92. The second-order valence-electron chi connectivity index (χ2n) is 6.86. The minimum absolute atomic E-state index is 0.230. The largest absolute Gasteiger partial charge is 0.497 e. The third-order valence-electron chi connectivity index (χ3n) is 5.59. The van der Waals surface area contributed by atoms with Crippen LogP contribution in [0.3, 0.4) is 0 Å². The lowest BCUT2D eigenvalue weighted by Crippen LogP contribution is -2.44. The van der Waals surface area contributed by atoms with E-state index in [-0.39, 0.29) is 6.04 Å². The van der Waals surface area contributed by atoms with Gasteiger partial charge in [0.05, 0.1) is 18.7 Å². The fourth-order valence-electron chi connectivity index (χ4n) is 4.31. The van der Waals surface area contributed by atoms with Crippen LogP contribution >= 0.6 is 0 Å². The van der Waals surface area contributed by atoms with Crippen molar-refractivity contribution in [2.24, 2.45) is 5.92 Å². The highest BCUT2D eigenvalue weighted by molar-refractivity contribution is 5.83. The summed E-state index contributed by atoms with van der Waals surface area (Å²) in [5, 5.41) is 12.1. The van der Waals surface area contributed by atoms with Gasteiger partial charge in [0.15, 0.2) is 0 Å². The highest BCUT2D eigenvalue weighted by atomic mass is 16.5. The Kier molecular flexibility index (Phi) is 3.95. The van der Waals surface area contributed by atoms with Crippen molar-refractivity contribution in [3.05, 3.63) is 36.0 Å². The quantitative estimate of drug-likeness (QED) is 0.945. The number of ether oxygens (including phenoxy) is 1. The lowest BCUT2D eigenvalue weighted by Gasteiger charge is -2.39. The summed E-state index contributed by atoms with van der Waals surface area (Å²) in [6, 6.07) is 8.07. The highest BCUT2D eigenvalue weighted by Crippen LogP contribution is 2.38. The number of methoxy groups -OCH3 is 1. The van der Waals surface area contributed by atoms with E-state index in [1.807, 2.05) is 24.3 Å². The van der Waals surface area contributed by atoms with Crippen LogP contribution in [0.1, 0.15) is 37.4 Å². The second kappa shape index (κ2) is 6.10. The second-order valence-corrected chi connectivity index (χ2v) is 6.86. The minimum atomic E-state index is -0.464. The molecule has 0 radical (unpaired) electrons. The van der Waals surface area contributed by atoms with Crippen molar-refractivity contribution >= 4 is 10.9 Å². The van der Waals surface area contributed by atoms with E-state index in [0.29, 0.717) is 0 Å². The molecule has 2 bridgehead atoms. The lowest BCUT2D eigenvalue weighted by molar-refractivity contribution is 0.0226. The Morgan fingerprint density at radius 3 is 3.04 bits per heavy atom. The molecule has 4 heterocycles. The number of piperidine rings is 1. The molecule has 0 aliphatic carbocycles.